The average molecular weight is 298 g/mol. The molecule has 0 amide bonds. The number of aliphatic hydroxyl groups excluding tert-OH is 1. The number of benzene rings is 2. The molecule has 0 saturated carbocycles. The fourth-order valence-electron chi connectivity index (χ4n) is 2.12. The smallest absolute Gasteiger partial charge is 0.147 e. The van der Waals surface area contributed by atoms with Crippen molar-refractivity contribution >= 4 is 11.6 Å². The predicted molar refractivity (Wildman–Crippen MR) is 74.6 cm³/mol. The predicted octanol–water partition coefficient (Wildman–Crippen LogP) is 3.39. The molecule has 0 aliphatic rings. The number of hydrogen-bond donors (Lipinski definition) is 2. The Morgan fingerprint density at radius 3 is 2.35 bits per heavy atom. The standard InChI is InChI=1S/C15H14ClF2NO/c16-13-3-1-2-11(14(13)18)15(20)12(8-19)9-4-6-10(17)7-5-9/h1-7,12,15,20H,8,19H2. The third-order valence-electron chi connectivity index (χ3n) is 3.23. The van der Waals surface area contributed by atoms with Crippen LogP contribution in [0.1, 0.15) is 23.1 Å². The van der Waals surface area contributed by atoms with Gasteiger partial charge in [0.1, 0.15) is 11.6 Å². The summed E-state index contributed by atoms with van der Waals surface area (Å²) < 4.78 is 26.9. The largest absolute Gasteiger partial charge is 0.388 e. The second kappa shape index (κ2) is 6.31. The lowest BCUT2D eigenvalue weighted by Crippen LogP contribution is -2.21. The van der Waals surface area contributed by atoms with Crippen molar-refractivity contribution in [3.63, 3.8) is 0 Å². The molecule has 3 N–H and O–H groups in total. The maximum Gasteiger partial charge on any atom is 0.147 e. The van der Waals surface area contributed by atoms with E-state index in [-0.39, 0.29) is 22.9 Å². The Bertz CT molecular complexity index is 589. The van der Waals surface area contributed by atoms with Gasteiger partial charge in [-0.05, 0) is 23.8 Å². The molecule has 0 radical (unpaired) electrons. The Morgan fingerprint density at radius 1 is 1.10 bits per heavy atom. The van der Waals surface area contributed by atoms with Gasteiger partial charge in [-0.15, -0.1) is 0 Å². The highest BCUT2D eigenvalue weighted by Gasteiger charge is 2.24. The molecule has 2 atom stereocenters. The van der Waals surface area contributed by atoms with Gasteiger partial charge in [0, 0.05) is 18.0 Å². The van der Waals surface area contributed by atoms with Crippen LogP contribution in [-0.2, 0) is 0 Å². The van der Waals surface area contributed by atoms with Crippen molar-refractivity contribution in [2.24, 2.45) is 5.73 Å². The molecule has 0 spiro atoms. The number of hydrogen-bond acceptors (Lipinski definition) is 2. The molecule has 0 heterocycles. The van der Waals surface area contributed by atoms with Crippen LogP contribution in [0.2, 0.25) is 5.02 Å². The van der Waals surface area contributed by atoms with Gasteiger partial charge in [0.15, 0.2) is 0 Å². The average Bonchev–Trinajstić information content (AvgIpc) is 2.44. The molecule has 0 aliphatic carbocycles. The minimum atomic E-state index is -1.15. The summed E-state index contributed by atoms with van der Waals surface area (Å²) in [5.74, 6) is -1.58. The molecular formula is C15H14ClF2NO. The maximum absolute atomic E-state index is 13.9. The van der Waals surface area contributed by atoms with Crippen LogP contribution in [0.3, 0.4) is 0 Å². The first kappa shape index (κ1) is 14.9. The Morgan fingerprint density at radius 2 is 1.75 bits per heavy atom. The SMILES string of the molecule is NCC(c1ccc(F)cc1)C(O)c1cccc(Cl)c1F. The van der Waals surface area contributed by atoms with Gasteiger partial charge >= 0.3 is 0 Å². The van der Waals surface area contributed by atoms with E-state index in [1.54, 1.807) is 6.07 Å². The number of halogens is 3. The van der Waals surface area contributed by atoms with E-state index >= 15 is 0 Å². The first-order valence-electron chi connectivity index (χ1n) is 6.12. The number of nitrogens with two attached hydrogens (primary N) is 1. The molecule has 2 aromatic rings. The van der Waals surface area contributed by atoms with Gasteiger partial charge in [0.2, 0.25) is 0 Å². The highest BCUT2D eigenvalue weighted by Crippen LogP contribution is 2.33. The summed E-state index contributed by atoms with van der Waals surface area (Å²) in [6.45, 7) is 0.0960. The van der Waals surface area contributed by atoms with Gasteiger partial charge in [-0.25, -0.2) is 8.78 Å². The molecule has 0 bridgehead atoms. The molecule has 2 unspecified atom stereocenters. The zero-order valence-electron chi connectivity index (χ0n) is 10.6. The lowest BCUT2D eigenvalue weighted by molar-refractivity contribution is 0.143. The second-order valence-corrected chi connectivity index (χ2v) is 4.89. The molecule has 0 aromatic heterocycles. The maximum atomic E-state index is 13.9. The van der Waals surface area contributed by atoms with E-state index in [0.717, 1.165) is 0 Å². The van der Waals surface area contributed by atoms with Crippen molar-refractivity contribution in [2.75, 3.05) is 6.54 Å². The summed E-state index contributed by atoms with van der Waals surface area (Å²) in [6, 6.07) is 10.0. The van der Waals surface area contributed by atoms with Gasteiger partial charge in [-0.1, -0.05) is 35.9 Å². The van der Waals surface area contributed by atoms with Crippen LogP contribution in [-0.4, -0.2) is 11.7 Å². The van der Waals surface area contributed by atoms with E-state index in [1.807, 2.05) is 0 Å². The van der Waals surface area contributed by atoms with Gasteiger partial charge in [0.05, 0.1) is 11.1 Å². The molecule has 106 valence electrons. The monoisotopic (exact) mass is 297 g/mol. The molecule has 0 fully saturated rings. The van der Waals surface area contributed by atoms with Crippen molar-refractivity contribution in [2.45, 2.75) is 12.0 Å². The summed E-state index contributed by atoms with van der Waals surface area (Å²) in [6.07, 6.45) is -1.15. The topological polar surface area (TPSA) is 46.2 Å². The van der Waals surface area contributed by atoms with Crippen LogP contribution < -0.4 is 5.73 Å². The highest BCUT2D eigenvalue weighted by molar-refractivity contribution is 6.30. The summed E-state index contributed by atoms with van der Waals surface area (Å²) >= 11 is 5.71. The van der Waals surface area contributed by atoms with E-state index in [4.69, 9.17) is 17.3 Å². The fourth-order valence-corrected chi connectivity index (χ4v) is 2.30. The highest BCUT2D eigenvalue weighted by atomic mass is 35.5. The third-order valence-corrected chi connectivity index (χ3v) is 3.53. The molecule has 2 rings (SSSR count). The normalized spacial score (nSPS) is 14.1. The Labute approximate surface area is 120 Å². The first-order chi connectivity index (χ1) is 9.54. The third kappa shape index (κ3) is 2.98. The van der Waals surface area contributed by atoms with Crippen molar-refractivity contribution < 1.29 is 13.9 Å². The van der Waals surface area contributed by atoms with E-state index in [2.05, 4.69) is 0 Å². The second-order valence-electron chi connectivity index (χ2n) is 4.48. The van der Waals surface area contributed by atoms with Crippen LogP contribution in [0.4, 0.5) is 8.78 Å². The molecule has 0 saturated heterocycles. The lowest BCUT2D eigenvalue weighted by atomic mass is 9.89. The van der Waals surface area contributed by atoms with Crippen molar-refractivity contribution in [3.8, 4) is 0 Å². The minimum absolute atomic E-state index is 0.0589. The van der Waals surface area contributed by atoms with Crippen LogP contribution >= 0.6 is 11.6 Å². The van der Waals surface area contributed by atoms with Crippen LogP contribution in [0, 0.1) is 11.6 Å². The summed E-state index contributed by atoms with van der Waals surface area (Å²) in [7, 11) is 0. The van der Waals surface area contributed by atoms with E-state index in [0.29, 0.717) is 5.56 Å². The zero-order valence-corrected chi connectivity index (χ0v) is 11.3. The fraction of sp³-hybridized carbons (Fsp3) is 0.200. The van der Waals surface area contributed by atoms with Crippen LogP contribution in [0.15, 0.2) is 42.5 Å². The quantitative estimate of drug-likeness (QED) is 0.908. The number of aliphatic hydroxyl groups is 1. The molecule has 20 heavy (non-hydrogen) atoms. The van der Waals surface area contributed by atoms with Crippen LogP contribution in [0.5, 0.6) is 0 Å². The van der Waals surface area contributed by atoms with Gasteiger partial charge in [-0.2, -0.15) is 0 Å². The summed E-state index contributed by atoms with van der Waals surface area (Å²) in [4.78, 5) is 0. The van der Waals surface area contributed by atoms with E-state index < -0.39 is 17.8 Å². The van der Waals surface area contributed by atoms with Gasteiger partial charge in [0.25, 0.3) is 0 Å². The van der Waals surface area contributed by atoms with Crippen LogP contribution in [0.25, 0.3) is 0 Å². The lowest BCUT2D eigenvalue weighted by Gasteiger charge is -2.23. The van der Waals surface area contributed by atoms with Crippen molar-refractivity contribution in [1.29, 1.82) is 0 Å². The molecule has 5 heteroatoms. The Hall–Kier alpha value is -1.49. The van der Waals surface area contributed by atoms with E-state index in [1.165, 1.54) is 36.4 Å². The minimum Gasteiger partial charge on any atom is -0.388 e. The first-order valence-corrected chi connectivity index (χ1v) is 6.50. The Balaban J connectivity index is 2.36. The molecule has 2 nitrogen and oxygen atoms in total. The van der Waals surface area contributed by atoms with E-state index in [9.17, 15) is 13.9 Å². The summed E-state index contributed by atoms with van der Waals surface area (Å²) in [5, 5.41) is 10.3. The van der Waals surface area contributed by atoms with Crippen molar-refractivity contribution in [1.82, 2.24) is 0 Å². The molecular weight excluding hydrogens is 284 g/mol. The van der Waals surface area contributed by atoms with Gasteiger partial charge < -0.3 is 10.8 Å². The molecule has 2 aromatic carbocycles. The van der Waals surface area contributed by atoms with Crippen molar-refractivity contribution in [3.05, 3.63) is 70.2 Å². The molecule has 0 aliphatic heterocycles. The Kier molecular flexibility index (Phi) is 4.70. The number of rotatable bonds is 4. The zero-order chi connectivity index (χ0) is 14.7. The summed E-state index contributed by atoms with van der Waals surface area (Å²) in [5.41, 5.74) is 6.38. The van der Waals surface area contributed by atoms with Gasteiger partial charge in [-0.3, -0.25) is 0 Å².